The van der Waals surface area contributed by atoms with Gasteiger partial charge in [0.25, 0.3) is 0 Å². The third kappa shape index (κ3) is 8.35. The highest BCUT2D eigenvalue weighted by molar-refractivity contribution is 7.89. The first-order chi connectivity index (χ1) is 23.6. The van der Waals surface area contributed by atoms with Gasteiger partial charge in [0.1, 0.15) is 11.9 Å². The van der Waals surface area contributed by atoms with Gasteiger partial charge in [0.15, 0.2) is 0 Å². The number of nitrogens with zero attached hydrogens (tertiary/aromatic N) is 4. The topological polar surface area (TPSA) is 164 Å². The van der Waals surface area contributed by atoms with Gasteiger partial charge < -0.3 is 30.9 Å². The van der Waals surface area contributed by atoms with E-state index in [1.807, 2.05) is 18.0 Å². The average Bonchev–Trinajstić information content (AvgIpc) is 3.49. The number of carbonyl (C=O) groups is 3. The minimum Gasteiger partial charge on any atom is -0.480 e. The van der Waals surface area contributed by atoms with E-state index in [-0.39, 0.29) is 36.4 Å². The molecular weight excluding hydrogens is 646 g/mol. The van der Waals surface area contributed by atoms with Crippen LogP contribution in [0.15, 0.2) is 35.2 Å². The Kier molecular flexibility index (Phi) is 11.0. The summed E-state index contributed by atoms with van der Waals surface area (Å²) in [7, 11) is -1.90. The van der Waals surface area contributed by atoms with Crippen molar-refractivity contribution in [3.8, 4) is 0 Å². The van der Waals surface area contributed by atoms with Gasteiger partial charge in [0.05, 0.1) is 16.7 Å². The lowest BCUT2D eigenvalue weighted by Gasteiger charge is -2.33. The molecule has 0 bridgehead atoms. The smallest absolute Gasteiger partial charge is 0.328 e. The van der Waals surface area contributed by atoms with Gasteiger partial charge in [-0.2, -0.15) is 4.31 Å². The molecule has 0 radical (unpaired) electrons. The largest absolute Gasteiger partial charge is 0.480 e. The van der Waals surface area contributed by atoms with Crippen molar-refractivity contribution in [1.29, 1.82) is 0 Å². The maximum Gasteiger partial charge on any atom is 0.328 e. The van der Waals surface area contributed by atoms with Crippen molar-refractivity contribution in [3.63, 3.8) is 0 Å². The van der Waals surface area contributed by atoms with E-state index in [4.69, 9.17) is 4.98 Å². The molecule has 4 aliphatic heterocycles. The predicted molar refractivity (Wildman–Crippen MR) is 186 cm³/mol. The summed E-state index contributed by atoms with van der Waals surface area (Å²) in [5, 5.41) is 18.6. The number of fused-ring (bicyclic) bond motifs is 2. The van der Waals surface area contributed by atoms with Crippen molar-refractivity contribution in [2.75, 3.05) is 69.6 Å². The molecule has 4 aliphatic rings. The van der Waals surface area contributed by atoms with Gasteiger partial charge in [-0.1, -0.05) is 12.1 Å². The van der Waals surface area contributed by atoms with Gasteiger partial charge in [-0.3, -0.25) is 9.59 Å². The van der Waals surface area contributed by atoms with Gasteiger partial charge in [-0.15, -0.1) is 0 Å². The van der Waals surface area contributed by atoms with E-state index in [1.54, 1.807) is 12.1 Å². The monoisotopic (exact) mass is 695 g/mol. The standard InChI is InChI=1S/C35H49N7O6S/c1-40-19-14-24-11-13-29(20-31(24)40)49(47,48)42-18-4-8-27(23-42)34(44)39-30(35(45)46)21-37-33(43)26-7-3-16-41(22-26)17-5-9-28-12-10-25-6-2-15-36-32(25)38-28/h10-13,20,26-27,30H,2-9,14-19,21-23H2,1H3,(H,36,38)(H,37,43)(H,39,44)(H,45,46)/t26-,27-,30?/m1/s1. The summed E-state index contributed by atoms with van der Waals surface area (Å²) in [6.07, 6.45) is 7.38. The van der Waals surface area contributed by atoms with Gasteiger partial charge in [0, 0.05) is 57.7 Å². The first kappa shape index (κ1) is 35.1. The van der Waals surface area contributed by atoms with E-state index < -0.39 is 33.9 Å². The minimum atomic E-state index is -3.84. The van der Waals surface area contributed by atoms with Gasteiger partial charge >= 0.3 is 5.97 Å². The van der Waals surface area contributed by atoms with E-state index in [9.17, 15) is 27.9 Å². The molecule has 2 aromatic rings. The molecule has 6 rings (SSSR count). The summed E-state index contributed by atoms with van der Waals surface area (Å²) in [6.45, 7) is 4.17. The highest BCUT2D eigenvalue weighted by Gasteiger charge is 2.36. The number of carboxylic acid groups (broad SMARTS) is 1. The third-order valence-corrected chi connectivity index (χ3v) is 12.3. The zero-order valence-electron chi connectivity index (χ0n) is 28.3. The Bertz CT molecular complexity index is 1650. The summed E-state index contributed by atoms with van der Waals surface area (Å²) in [5.41, 5.74) is 4.35. The molecule has 2 fully saturated rings. The summed E-state index contributed by atoms with van der Waals surface area (Å²) in [4.78, 5) is 47.8. The van der Waals surface area contributed by atoms with Crippen molar-refractivity contribution in [2.24, 2.45) is 11.8 Å². The van der Waals surface area contributed by atoms with E-state index in [1.165, 1.54) is 9.87 Å². The maximum absolute atomic E-state index is 13.5. The van der Waals surface area contributed by atoms with E-state index in [0.717, 1.165) is 93.9 Å². The third-order valence-electron chi connectivity index (χ3n) is 10.4. The number of carboxylic acids is 1. The zero-order chi connectivity index (χ0) is 34.5. The van der Waals surface area contributed by atoms with Crippen LogP contribution in [0.5, 0.6) is 0 Å². The first-order valence-corrected chi connectivity index (χ1v) is 19.1. The zero-order valence-corrected chi connectivity index (χ0v) is 29.1. The fourth-order valence-corrected chi connectivity index (χ4v) is 9.05. The number of amides is 2. The van der Waals surface area contributed by atoms with Crippen molar-refractivity contribution in [3.05, 3.63) is 47.2 Å². The second-order valence-corrected chi connectivity index (χ2v) is 15.8. The number of sulfonamides is 1. The quantitative estimate of drug-likeness (QED) is 0.258. The summed E-state index contributed by atoms with van der Waals surface area (Å²) >= 11 is 0. The van der Waals surface area contributed by atoms with Gasteiger partial charge in [-0.25, -0.2) is 18.2 Å². The number of anilines is 2. The molecule has 2 saturated heterocycles. The van der Waals surface area contributed by atoms with Crippen molar-refractivity contribution >= 4 is 39.3 Å². The molecule has 5 heterocycles. The lowest BCUT2D eigenvalue weighted by molar-refractivity contribution is -0.142. The Balaban J connectivity index is 0.967. The predicted octanol–water partition coefficient (Wildman–Crippen LogP) is 1.86. The molecule has 0 spiro atoms. The summed E-state index contributed by atoms with van der Waals surface area (Å²) in [6, 6.07) is 8.12. The van der Waals surface area contributed by atoms with Gasteiger partial charge in [-0.05, 0) is 100 Å². The molecule has 266 valence electrons. The van der Waals surface area contributed by atoms with Crippen LogP contribution in [0.4, 0.5) is 11.5 Å². The number of pyridine rings is 1. The van der Waals surface area contributed by atoms with Crippen LogP contribution in [-0.2, 0) is 43.7 Å². The molecule has 4 N–H and O–H groups in total. The molecule has 2 amide bonds. The number of nitrogens with one attached hydrogen (secondary N) is 3. The lowest BCUT2D eigenvalue weighted by Crippen LogP contribution is -2.53. The maximum atomic E-state index is 13.5. The number of benzene rings is 1. The number of piperidine rings is 2. The van der Waals surface area contributed by atoms with Crippen LogP contribution in [0.2, 0.25) is 0 Å². The Morgan fingerprint density at radius 3 is 2.57 bits per heavy atom. The number of likely N-dealkylation sites (tertiary alicyclic amines) is 1. The minimum absolute atomic E-state index is 0.0306. The highest BCUT2D eigenvalue weighted by Crippen LogP contribution is 2.32. The molecule has 0 saturated carbocycles. The van der Waals surface area contributed by atoms with E-state index in [0.29, 0.717) is 19.4 Å². The summed E-state index contributed by atoms with van der Waals surface area (Å²) < 4.78 is 28.4. The second-order valence-electron chi connectivity index (χ2n) is 13.9. The van der Waals surface area contributed by atoms with E-state index in [2.05, 4.69) is 33.0 Å². The van der Waals surface area contributed by atoms with Crippen molar-refractivity contribution < 1.29 is 27.9 Å². The number of hydrogen-bond acceptors (Lipinski definition) is 9. The number of aliphatic carboxylic acids is 1. The molecule has 14 heteroatoms. The Labute approximate surface area is 288 Å². The number of aromatic nitrogens is 1. The molecule has 1 unspecified atom stereocenters. The molecule has 1 aromatic carbocycles. The first-order valence-electron chi connectivity index (χ1n) is 17.7. The van der Waals surface area contributed by atoms with Crippen LogP contribution in [0.1, 0.15) is 55.3 Å². The molecule has 3 atom stereocenters. The van der Waals surface area contributed by atoms with E-state index >= 15 is 0 Å². The van der Waals surface area contributed by atoms with Crippen molar-refractivity contribution in [2.45, 2.75) is 68.7 Å². The van der Waals surface area contributed by atoms with Gasteiger partial charge in [0.2, 0.25) is 21.8 Å². The van der Waals surface area contributed by atoms with Crippen LogP contribution in [0, 0.1) is 11.8 Å². The average molecular weight is 696 g/mol. The van der Waals surface area contributed by atoms with Crippen LogP contribution < -0.4 is 20.9 Å². The fraction of sp³-hybridized carbons (Fsp3) is 0.600. The molecule has 0 aliphatic carbocycles. The second kappa shape index (κ2) is 15.4. The Morgan fingerprint density at radius 1 is 0.980 bits per heavy atom. The number of hydrogen-bond donors (Lipinski definition) is 4. The normalized spacial score (nSPS) is 22.0. The number of carbonyl (C=O) groups excluding carboxylic acids is 2. The molecule has 13 nitrogen and oxygen atoms in total. The molecule has 49 heavy (non-hydrogen) atoms. The van der Waals surface area contributed by atoms with Crippen molar-refractivity contribution in [1.82, 2.24) is 24.8 Å². The summed E-state index contributed by atoms with van der Waals surface area (Å²) in [5.74, 6) is -1.96. The van der Waals surface area contributed by atoms with Crippen LogP contribution in [0.3, 0.4) is 0 Å². The van der Waals surface area contributed by atoms with Crippen LogP contribution in [0.25, 0.3) is 0 Å². The van der Waals surface area contributed by atoms with Crippen LogP contribution in [-0.4, -0.2) is 111 Å². The Morgan fingerprint density at radius 2 is 1.76 bits per heavy atom. The SMILES string of the molecule is CN1CCc2ccc(S(=O)(=O)N3CCC[C@@H](C(=O)NC(CNC(=O)[C@@H]4CCCN(CCCc5ccc6c(n5)NCCC6)C4)C(=O)O)C3)cc21. The van der Waals surface area contributed by atoms with Crippen LogP contribution >= 0.6 is 0 Å². The Hall–Kier alpha value is -3.75. The highest BCUT2D eigenvalue weighted by atomic mass is 32.2. The number of rotatable bonds is 12. The number of aryl methyl sites for hydroxylation is 2. The lowest BCUT2D eigenvalue weighted by atomic mass is 9.96. The molecule has 1 aromatic heterocycles. The number of likely N-dealkylation sites (N-methyl/N-ethyl adjacent to an activating group) is 1. The molecular formula is C35H49N7O6S. The fourth-order valence-electron chi connectivity index (χ4n) is 7.50.